The maximum atomic E-state index is 4.42. The molecule has 1 aromatic heterocycles. The van der Waals surface area contributed by atoms with Gasteiger partial charge < -0.3 is 5.32 Å². The van der Waals surface area contributed by atoms with Gasteiger partial charge in [0.05, 0.1) is 11.7 Å². The van der Waals surface area contributed by atoms with Gasteiger partial charge in [-0.3, -0.25) is 4.68 Å². The lowest BCUT2D eigenvalue weighted by Crippen LogP contribution is -2.24. The summed E-state index contributed by atoms with van der Waals surface area (Å²) in [6.07, 6.45) is 7.93. The summed E-state index contributed by atoms with van der Waals surface area (Å²) in [5, 5.41) is 7.93. The highest BCUT2D eigenvalue weighted by Crippen LogP contribution is 2.16. The van der Waals surface area contributed by atoms with E-state index >= 15 is 0 Å². The second kappa shape index (κ2) is 3.97. The molecule has 0 amide bonds. The van der Waals surface area contributed by atoms with Gasteiger partial charge in [-0.2, -0.15) is 5.10 Å². The standard InChI is InChI=1S/C12H21N3/c1-12(2,3)15-9-10(8-14-15)7-11-5-4-6-13-11/h8-9,11,13H,4-7H2,1-3H3/t11-/m0/s1. The van der Waals surface area contributed by atoms with Crippen LogP contribution in [0.15, 0.2) is 12.4 Å². The van der Waals surface area contributed by atoms with Crippen molar-refractivity contribution >= 4 is 0 Å². The van der Waals surface area contributed by atoms with Crippen molar-refractivity contribution in [2.24, 2.45) is 0 Å². The highest BCUT2D eigenvalue weighted by molar-refractivity contribution is 5.08. The predicted molar refractivity (Wildman–Crippen MR) is 62.0 cm³/mol. The third kappa shape index (κ3) is 2.59. The van der Waals surface area contributed by atoms with E-state index in [1.54, 1.807) is 0 Å². The Morgan fingerprint density at radius 2 is 2.33 bits per heavy atom. The minimum atomic E-state index is 0.0986. The van der Waals surface area contributed by atoms with E-state index in [9.17, 15) is 0 Å². The molecule has 3 heteroatoms. The summed E-state index contributed by atoms with van der Waals surface area (Å²) in [5.41, 5.74) is 1.45. The molecule has 2 rings (SSSR count). The van der Waals surface area contributed by atoms with Crippen molar-refractivity contribution in [2.45, 2.75) is 51.6 Å². The van der Waals surface area contributed by atoms with Crippen LogP contribution in [0.5, 0.6) is 0 Å². The Bertz CT molecular complexity index is 316. The van der Waals surface area contributed by atoms with Crippen LogP contribution in [0.4, 0.5) is 0 Å². The van der Waals surface area contributed by atoms with Crippen LogP contribution in [-0.2, 0) is 12.0 Å². The van der Waals surface area contributed by atoms with Gasteiger partial charge in [0, 0.05) is 12.2 Å². The molecule has 0 radical (unpaired) electrons. The molecule has 1 aliphatic heterocycles. The molecular weight excluding hydrogens is 186 g/mol. The number of nitrogens with zero attached hydrogens (tertiary/aromatic N) is 2. The molecule has 1 atom stereocenters. The Balaban J connectivity index is 2.00. The van der Waals surface area contributed by atoms with Gasteiger partial charge in [-0.15, -0.1) is 0 Å². The first-order valence-corrected chi connectivity index (χ1v) is 5.83. The number of rotatable bonds is 2. The van der Waals surface area contributed by atoms with Crippen LogP contribution in [0, 0.1) is 0 Å². The molecule has 1 saturated heterocycles. The molecule has 0 bridgehead atoms. The first-order valence-electron chi connectivity index (χ1n) is 5.83. The fraction of sp³-hybridized carbons (Fsp3) is 0.750. The average molecular weight is 207 g/mol. The summed E-state index contributed by atoms with van der Waals surface area (Å²) in [4.78, 5) is 0. The lowest BCUT2D eigenvalue weighted by molar-refractivity contribution is 0.355. The maximum absolute atomic E-state index is 4.42. The van der Waals surface area contributed by atoms with Crippen LogP contribution < -0.4 is 5.32 Å². The van der Waals surface area contributed by atoms with Gasteiger partial charge in [0.2, 0.25) is 0 Å². The van der Waals surface area contributed by atoms with Crippen LogP contribution in [0.2, 0.25) is 0 Å². The van der Waals surface area contributed by atoms with E-state index in [2.05, 4.69) is 42.1 Å². The van der Waals surface area contributed by atoms with E-state index in [-0.39, 0.29) is 5.54 Å². The third-order valence-electron chi connectivity index (χ3n) is 2.97. The Hall–Kier alpha value is -0.830. The molecule has 0 aromatic carbocycles. The maximum Gasteiger partial charge on any atom is 0.0543 e. The fourth-order valence-electron chi connectivity index (χ4n) is 2.05. The van der Waals surface area contributed by atoms with Gasteiger partial charge in [-0.25, -0.2) is 0 Å². The molecule has 0 saturated carbocycles. The van der Waals surface area contributed by atoms with E-state index in [0.717, 1.165) is 6.42 Å². The van der Waals surface area contributed by atoms with Gasteiger partial charge in [0.1, 0.15) is 0 Å². The van der Waals surface area contributed by atoms with E-state index < -0.39 is 0 Å². The van der Waals surface area contributed by atoms with Crippen LogP contribution in [0.25, 0.3) is 0 Å². The Morgan fingerprint density at radius 1 is 1.53 bits per heavy atom. The first-order chi connectivity index (χ1) is 7.05. The molecule has 84 valence electrons. The van der Waals surface area contributed by atoms with Crippen molar-refractivity contribution in [3.05, 3.63) is 18.0 Å². The topological polar surface area (TPSA) is 29.9 Å². The van der Waals surface area contributed by atoms with Crippen LogP contribution in [0.3, 0.4) is 0 Å². The lowest BCUT2D eigenvalue weighted by Gasteiger charge is -2.18. The van der Waals surface area contributed by atoms with Crippen LogP contribution in [-0.4, -0.2) is 22.4 Å². The zero-order valence-electron chi connectivity index (χ0n) is 9.95. The molecule has 1 aliphatic rings. The first kappa shape index (κ1) is 10.7. The monoisotopic (exact) mass is 207 g/mol. The number of hydrogen-bond acceptors (Lipinski definition) is 2. The number of hydrogen-bond donors (Lipinski definition) is 1. The second-order valence-corrected chi connectivity index (χ2v) is 5.46. The van der Waals surface area contributed by atoms with E-state index in [1.807, 2.05) is 6.20 Å². The van der Waals surface area contributed by atoms with Crippen molar-refractivity contribution in [2.75, 3.05) is 6.54 Å². The van der Waals surface area contributed by atoms with Crippen molar-refractivity contribution < 1.29 is 0 Å². The van der Waals surface area contributed by atoms with Gasteiger partial charge in [-0.05, 0) is 52.1 Å². The molecule has 3 nitrogen and oxygen atoms in total. The normalized spacial score (nSPS) is 22.2. The molecule has 0 aliphatic carbocycles. The van der Waals surface area contributed by atoms with Crippen LogP contribution in [0.1, 0.15) is 39.2 Å². The van der Waals surface area contributed by atoms with Crippen molar-refractivity contribution in [3.8, 4) is 0 Å². The average Bonchev–Trinajstić information content (AvgIpc) is 2.73. The summed E-state index contributed by atoms with van der Waals surface area (Å²) in [6.45, 7) is 7.71. The second-order valence-electron chi connectivity index (χ2n) is 5.46. The molecular formula is C12H21N3. The van der Waals surface area contributed by atoms with Gasteiger partial charge in [0.15, 0.2) is 0 Å². The van der Waals surface area contributed by atoms with E-state index in [0.29, 0.717) is 6.04 Å². The van der Waals surface area contributed by atoms with E-state index in [4.69, 9.17) is 0 Å². The largest absolute Gasteiger partial charge is 0.314 e. The van der Waals surface area contributed by atoms with Gasteiger partial charge in [0.25, 0.3) is 0 Å². The van der Waals surface area contributed by atoms with Crippen LogP contribution >= 0.6 is 0 Å². The summed E-state index contributed by atoms with van der Waals surface area (Å²) < 4.78 is 2.05. The summed E-state index contributed by atoms with van der Waals surface area (Å²) >= 11 is 0. The molecule has 0 unspecified atom stereocenters. The Morgan fingerprint density at radius 3 is 2.87 bits per heavy atom. The van der Waals surface area contributed by atoms with Crippen molar-refractivity contribution in [1.82, 2.24) is 15.1 Å². The Kier molecular flexibility index (Phi) is 2.83. The Labute approximate surface area is 91.9 Å². The molecule has 2 heterocycles. The fourth-order valence-corrected chi connectivity index (χ4v) is 2.05. The minimum Gasteiger partial charge on any atom is -0.314 e. The van der Waals surface area contributed by atoms with Crippen molar-refractivity contribution in [1.29, 1.82) is 0 Å². The highest BCUT2D eigenvalue weighted by Gasteiger charge is 2.17. The third-order valence-corrected chi connectivity index (χ3v) is 2.97. The van der Waals surface area contributed by atoms with Gasteiger partial charge in [-0.1, -0.05) is 0 Å². The quantitative estimate of drug-likeness (QED) is 0.803. The molecule has 0 spiro atoms. The minimum absolute atomic E-state index is 0.0986. The predicted octanol–water partition coefficient (Wildman–Crippen LogP) is 1.93. The van der Waals surface area contributed by atoms with E-state index in [1.165, 1.54) is 24.9 Å². The molecule has 15 heavy (non-hydrogen) atoms. The summed E-state index contributed by atoms with van der Waals surface area (Å²) in [7, 11) is 0. The van der Waals surface area contributed by atoms with Gasteiger partial charge >= 0.3 is 0 Å². The summed E-state index contributed by atoms with van der Waals surface area (Å²) in [6, 6.07) is 0.669. The highest BCUT2D eigenvalue weighted by atomic mass is 15.3. The molecule has 1 fully saturated rings. The number of nitrogens with one attached hydrogen (secondary N) is 1. The SMILES string of the molecule is CC(C)(C)n1cc(C[C@@H]2CCCN2)cn1. The zero-order valence-corrected chi connectivity index (χ0v) is 9.95. The molecule has 1 N–H and O–H groups in total. The summed E-state index contributed by atoms with van der Waals surface area (Å²) in [5.74, 6) is 0. The van der Waals surface area contributed by atoms with Crippen molar-refractivity contribution in [3.63, 3.8) is 0 Å². The zero-order chi connectivity index (χ0) is 10.9. The smallest absolute Gasteiger partial charge is 0.0543 e. The number of aromatic nitrogens is 2. The molecule has 1 aromatic rings. The lowest BCUT2D eigenvalue weighted by atomic mass is 10.1.